The summed E-state index contributed by atoms with van der Waals surface area (Å²) in [7, 11) is 1.97. The Morgan fingerprint density at radius 1 is 1.24 bits per heavy atom. The van der Waals surface area contributed by atoms with Gasteiger partial charge in [-0.2, -0.15) is 0 Å². The summed E-state index contributed by atoms with van der Waals surface area (Å²) in [6.45, 7) is 2.83. The van der Waals surface area contributed by atoms with Crippen molar-refractivity contribution in [1.29, 1.82) is 0 Å². The lowest BCUT2D eigenvalue weighted by atomic mass is 9.84. The average molecular weight is 239 g/mol. The maximum atomic E-state index is 11.1. The number of carbonyl (C=O) groups is 1. The Balaban J connectivity index is 1.90. The first-order valence-corrected chi connectivity index (χ1v) is 6.91. The summed E-state index contributed by atoms with van der Waals surface area (Å²) in [6.07, 6.45) is 8.14. The van der Waals surface area contributed by atoms with Crippen LogP contribution >= 0.6 is 0 Å². The highest BCUT2D eigenvalue weighted by Gasteiger charge is 2.39. The molecule has 0 aliphatic heterocycles. The van der Waals surface area contributed by atoms with Crippen molar-refractivity contribution >= 4 is 6.41 Å². The number of amides is 1. The van der Waals surface area contributed by atoms with Crippen LogP contribution in [0, 0.1) is 0 Å². The van der Waals surface area contributed by atoms with Crippen molar-refractivity contribution in [2.45, 2.75) is 63.2 Å². The summed E-state index contributed by atoms with van der Waals surface area (Å²) in [5, 5.41) is 7.07. The summed E-state index contributed by atoms with van der Waals surface area (Å²) in [4.78, 5) is 13.1. The van der Waals surface area contributed by atoms with Crippen molar-refractivity contribution < 1.29 is 4.79 Å². The van der Waals surface area contributed by atoms with Crippen molar-refractivity contribution in [2.75, 3.05) is 13.6 Å². The summed E-state index contributed by atoms with van der Waals surface area (Å²) in [6, 6.07) is 1.45. The quantitative estimate of drug-likeness (QED) is 0.538. The zero-order valence-electron chi connectivity index (χ0n) is 11.0. The van der Waals surface area contributed by atoms with Crippen LogP contribution in [0.15, 0.2) is 0 Å². The minimum absolute atomic E-state index is 0.0990. The van der Waals surface area contributed by atoms with Gasteiger partial charge >= 0.3 is 0 Å². The minimum atomic E-state index is -0.0990. The fraction of sp³-hybridized carbons (Fsp3) is 0.923. The monoisotopic (exact) mass is 239 g/mol. The first-order chi connectivity index (χ1) is 8.24. The number of nitrogens with zero attached hydrogens (tertiary/aromatic N) is 1. The van der Waals surface area contributed by atoms with Gasteiger partial charge in [-0.3, -0.25) is 10.1 Å². The highest BCUT2D eigenvalue weighted by molar-refractivity contribution is 5.48. The number of hydrogen-bond donors (Lipinski definition) is 2. The summed E-state index contributed by atoms with van der Waals surface area (Å²) >= 11 is 0. The molecule has 2 aliphatic rings. The van der Waals surface area contributed by atoms with Crippen LogP contribution in [-0.4, -0.2) is 42.6 Å². The summed E-state index contributed by atoms with van der Waals surface area (Å²) in [5.41, 5.74) is -0.0990. The van der Waals surface area contributed by atoms with Crippen LogP contribution in [0.4, 0.5) is 0 Å². The molecule has 98 valence electrons. The molecule has 1 amide bonds. The van der Waals surface area contributed by atoms with E-state index in [2.05, 4.69) is 10.6 Å². The van der Waals surface area contributed by atoms with Crippen LogP contribution in [-0.2, 0) is 4.79 Å². The molecule has 2 N–H and O–H groups in total. The molecule has 2 saturated carbocycles. The van der Waals surface area contributed by atoms with Gasteiger partial charge in [-0.25, -0.2) is 0 Å². The SMILES string of the molecule is CCN(C=O)C1(NC)CCC(NC2CC2)CC1. The third-order valence-electron chi connectivity index (χ3n) is 4.34. The molecule has 0 saturated heterocycles. The zero-order valence-corrected chi connectivity index (χ0v) is 11.0. The van der Waals surface area contributed by atoms with E-state index in [1.165, 1.54) is 25.7 Å². The first kappa shape index (κ1) is 12.8. The Morgan fingerprint density at radius 2 is 1.82 bits per heavy atom. The number of carbonyl (C=O) groups excluding carboxylic acids is 1. The van der Waals surface area contributed by atoms with Gasteiger partial charge < -0.3 is 10.2 Å². The topological polar surface area (TPSA) is 44.4 Å². The van der Waals surface area contributed by atoms with E-state index in [0.29, 0.717) is 6.04 Å². The molecule has 2 aliphatic carbocycles. The van der Waals surface area contributed by atoms with Gasteiger partial charge in [-0.1, -0.05) is 0 Å². The molecule has 0 bridgehead atoms. The molecule has 2 fully saturated rings. The van der Waals surface area contributed by atoms with Crippen LogP contribution in [0.1, 0.15) is 45.4 Å². The lowest BCUT2D eigenvalue weighted by Gasteiger charge is -2.46. The zero-order chi connectivity index (χ0) is 12.3. The molecule has 2 rings (SSSR count). The standard InChI is InChI=1S/C13H25N3O/c1-3-16(10-17)13(14-2)8-6-12(7-9-13)15-11-4-5-11/h10-12,14-15H,3-9H2,1-2H3. The van der Waals surface area contributed by atoms with Crippen LogP contribution in [0.3, 0.4) is 0 Å². The van der Waals surface area contributed by atoms with Crippen molar-refractivity contribution in [3.63, 3.8) is 0 Å². The Kier molecular flexibility index (Phi) is 4.05. The second kappa shape index (κ2) is 5.36. The molecule has 4 heteroatoms. The number of hydrogen-bond acceptors (Lipinski definition) is 3. The molecule has 0 unspecified atom stereocenters. The smallest absolute Gasteiger partial charge is 0.211 e. The van der Waals surface area contributed by atoms with E-state index in [0.717, 1.165) is 31.8 Å². The highest BCUT2D eigenvalue weighted by atomic mass is 16.1. The molecule has 4 nitrogen and oxygen atoms in total. The van der Waals surface area contributed by atoms with Crippen LogP contribution < -0.4 is 10.6 Å². The van der Waals surface area contributed by atoms with E-state index in [1.54, 1.807) is 0 Å². The normalized spacial score (nSPS) is 33.4. The predicted molar refractivity (Wildman–Crippen MR) is 68.6 cm³/mol. The van der Waals surface area contributed by atoms with Gasteiger partial charge in [-0.05, 0) is 52.5 Å². The van der Waals surface area contributed by atoms with E-state index in [9.17, 15) is 4.79 Å². The molecule has 0 aromatic heterocycles. The number of rotatable bonds is 6. The van der Waals surface area contributed by atoms with Crippen LogP contribution in [0.2, 0.25) is 0 Å². The van der Waals surface area contributed by atoms with Gasteiger partial charge in [0.15, 0.2) is 0 Å². The molecule has 0 spiro atoms. The van der Waals surface area contributed by atoms with Gasteiger partial charge in [-0.15, -0.1) is 0 Å². The fourth-order valence-corrected chi connectivity index (χ4v) is 3.00. The molecular weight excluding hydrogens is 214 g/mol. The summed E-state index contributed by atoms with van der Waals surface area (Å²) < 4.78 is 0. The first-order valence-electron chi connectivity index (χ1n) is 6.91. The molecule has 17 heavy (non-hydrogen) atoms. The molecule has 0 heterocycles. The molecular formula is C13H25N3O. The highest BCUT2D eigenvalue weighted by Crippen LogP contribution is 2.32. The Morgan fingerprint density at radius 3 is 2.24 bits per heavy atom. The average Bonchev–Trinajstić information content (AvgIpc) is 3.17. The van der Waals surface area contributed by atoms with Gasteiger partial charge in [0.2, 0.25) is 6.41 Å². The Hall–Kier alpha value is -0.610. The predicted octanol–water partition coefficient (Wildman–Crippen LogP) is 1.07. The largest absolute Gasteiger partial charge is 0.327 e. The maximum absolute atomic E-state index is 11.1. The van der Waals surface area contributed by atoms with Crippen molar-refractivity contribution in [3.05, 3.63) is 0 Å². The van der Waals surface area contributed by atoms with Gasteiger partial charge in [0.25, 0.3) is 0 Å². The van der Waals surface area contributed by atoms with Gasteiger partial charge in [0.1, 0.15) is 0 Å². The van der Waals surface area contributed by atoms with Crippen molar-refractivity contribution in [1.82, 2.24) is 15.5 Å². The van der Waals surface area contributed by atoms with E-state index in [1.807, 2.05) is 18.9 Å². The van der Waals surface area contributed by atoms with Gasteiger partial charge in [0, 0.05) is 18.6 Å². The van der Waals surface area contributed by atoms with E-state index in [-0.39, 0.29) is 5.66 Å². The number of nitrogens with one attached hydrogen (secondary N) is 2. The van der Waals surface area contributed by atoms with E-state index < -0.39 is 0 Å². The second-order valence-corrected chi connectivity index (χ2v) is 5.39. The van der Waals surface area contributed by atoms with E-state index >= 15 is 0 Å². The van der Waals surface area contributed by atoms with Crippen LogP contribution in [0.25, 0.3) is 0 Å². The Bertz CT molecular complexity index is 257. The molecule has 0 radical (unpaired) electrons. The minimum Gasteiger partial charge on any atom is -0.327 e. The fourth-order valence-electron chi connectivity index (χ4n) is 3.00. The second-order valence-electron chi connectivity index (χ2n) is 5.39. The maximum Gasteiger partial charge on any atom is 0.211 e. The lowest BCUT2D eigenvalue weighted by Crippen LogP contribution is -2.60. The summed E-state index contributed by atoms with van der Waals surface area (Å²) in [5.74, 6) is 0. The van der Waals surface area contributed by atoms with E-state index in [4.69, 9.17) is 0 Å². The third-order valence-corrected chi connectivity index (χ3v) is 4.34. The Labute approximate surface area is 104 Å². The lowest BCUT2D eigenvalue weighted by molar-refractivity contribution is -0.126. The van der Waals surface area contributed by atoms with Crippen molar-refractivity contribution in [3.8, 4) is 0 Å². The van der Waals surface area contributed by atoms with Crippen LogP contribution in [0.5, 0.6) is 0 Å². The van der Waals surface area contributed by atoms with Crippen molar-refractivity contribution in [2.24, 2.45) is 0 Å². The van der Waals surface area contributed by atoms with Gasteiger partial charge in [0.05, 0.1) is 5.66 Å². The third kappa shape index (κ3) is 2.80. The molecule has 0 atom stereocenters. The molecule has 0 aromatic carbocycles. The molecule has 0 aromatic rings.